The molecular weight excluding hydrogens is 234 g/mol. The van der Waals surface area contributed by atoms with Gasteiger partial charge in [0.25, 0.3) is 0 Å². The highest BCUT2D eigenvalue weighted by atomic mass is 32.1. The molecule has 0 unspecified atom stereocenters. The zero-order valence-electron chi connectivity index (χ0n) is 8.05. The first-order valence-corrected chi connectivity index (χ1v) is 5.30. The highest BCUT2D eigenvalue weighted by Gasteiger charge is 2.07. The predicted molar refractivity (Wildman–Crippen MR) is 63.1 cm³/mol. The molecule has 0 aliphatic heterocycles. The van der Waals surface area contributed by atoms with Gasteiger partial charge in [0.05, 0.1) is 18.2 Å². The lowest BCUT2D eigenvalue weighted by Crippen LogP contribution is -2.31. The number of aliphatic hydroxyl groups excluding tert-OH is 2. The Bertz CT molecular complexity index is 363. The lowest BCUT2D eigenvalue weighted by atomic mass is 10.5. The molecule has 84 valence electrons. The van der Waals surface area contributed by atoms with Gasteiger partial charge in [-0.3, -0.25) is 0 Å². The number of anilines is 1. The molecule has 0 amide bonds. The second-order valence-corrected chi connectivity index (χ2v) is 3.76. The third-order valence-electron chi connectivity index (χ3n) is 1.76. The van der Waals surface area contributed by atoms with Crippen molar-refractivity contribution in [2.75, 3.05) is 31.2 Å². The molecule has 0 aliphatic carbocycles. The van der Waals surface area contributed by atoms with E-state index < -0.39 is 0 Å². The van der Waals surface area contributed by atoms with Gasteiger partial charge in [-0.1, -0.05) is 12.2 Å². The van der Waals surface area contributed by atoms with Crippen LogP contribution in [0.4, 0.5) is 5.95 Å². The van der Waals surface area contributed by atoms with E-state index in [2.05, 4.69) is 22.6 Å². The normalized spacial score (nSPS) is 10.3. The number of hydrogen-bond acceptors (Lipinski definition) is 6. The van der Waals surface area contributed by atoms with E-state index in [9.17, 15) is 0 Å². The maximum Gasteiger partial charge on any atom is 0.205 e. The van der Waals surface area contributed by atoms with Crippen LogP contribution in [0.5, 0.6) is 0 Å². The summed E-state index contributed by atoms with van der Waals surface area (Å²) in [5, 5.41) is 18.2. The quantitative estimate of drug-likeness (QED) is 0.340. The van der Waals surface area contributed by atoms with Crippen molar-refractivity contribution in [1.29, 1.82) is 0 Å². The molecule has 0 saturated carbocycles. The first kappa shape index (κ1) is 12.4. The number of aliphatic hydroxyl groups is 2. The van der Waals surface area contributed by atoms with E-state index in [4.69, 9.17) is 22.4 Å². The van der Waals surface area contributed by atoms with Crippen molar-refractivity contribution in [2.45, 2.75) is 5.03 Å². The summed E-state index contributed by atoms with van der Waals surface area (Å²) >= 11 is 9.08. The molecular formula is C8H13N3O2S2. The van der Waals surface area contributed by atoms with E-state index in [1.807, 2.05) is 0 Å². The minimum atomic E-state index is -0.0148. The molecule has 0 fully saturated rings. The van der Waals surface area contributed by atoms with Gasteiger partial charge in [-0.15, -0.1) is 12.6 Å². The number of nitrogens with one attached hydrogen (secondary N) is 1. The Morgan fingerprint density at radius 3 is 2.47 bits per heavy atom. The minimum absolute atomic E-state index is 0.0148. The molecule has 3 N–H and O–H groups in total. The molecule has 0 atom stereocenters. The SMILES string of the molecule is OCCN(CCO)c1nc(S)cc(=S)[nH]1. The van der Waals surface area contributed by atoms with Gasteiger partial charge < -0.3 is 20.1 Å². The number of rotatable bonds is 5. The Kier molecular flexibility index (Phi) is 5.03. The molecule has 1 rings (SSSR count). The zero-order chi connectivity index (χ0) is 11.3. The smallest absolute Gasteiger partial charge is 0.205 e. The van der Waals surface area contributed by atoms with Gasteiger partial charge in [0.15, 0.2) is 0 Å². The van der Waals surface area contributed by atoms with Gasteiger partial charge in [0.2, 0.25) is 5.95 Å². The Labute approximate surface area is 98.2 Å². The van der Waals surface area contributed by atoms with E-state index in [-0.39, 0.29) is 13.2 Å². The van der Waals surface area contributed by atoms with Crippen molar-refractivity contribution in [3.8, 4) is 0 Å². The topological polar surface area (TPSA) is 72.4 Å². The van der Waals surface area contributed by atoms with Crippen molar-refractivity contribution in [1.82, 2.24) is 9.97 Å². The Morgan fingerprint density at radius 1 is 1.40 bits per heavy atom. The van der Waals surface area contributed by atoms with Crippen molar-refractivity contribution in [3.05, 3.63) is 10.7 Å². The van der Waals surface area contributed by atoms with Crippen LogP contribution in [0.15, 0.2) is 11.1 Å². The Morgan fingerprint density at radius 2 is 2.00 bits per heavy atom. The van der Waals surface area contributed by atoms with E-state index in [0.717, 1.165) is 0 Å². The van der Waals surface area contributed by atoms with Crippen LogP contribution in [0.2, 0.25) is 0 Å². The first-order chi connectivity index (χ1) is 7.17. The van der Waals surface area contributed by atoms with Gasteiger partial charge in [0.1, 0.15) is 4.64 Å². The molecule has 1 aromatic heterocycles. The van der Waals surface area contributed by atoms with E-state index in [1.54, 1.807) is 11.0 Å². The van der Waals surface area contributed by atoms with Gasteiger partial charge in [-0.2, -0.15) is 0 Å². The summed E-state index contributed by atoms with van der Waals surface area (Å²) in [7, 11) is 0. The highest BCUT2D eigenvalue weighted by molar-refractivity contribution is 7.80. The molecule has 0 saturated heterocycles. The first-order valence-electron chi connectivity index (χ1n) is 4.44. The fourth-order valence-corrected chi connectivity index (χ4v) is 1.66. The largest absolute Gasteiger partial charge is 0.395 e. The lowest BCUT2D eigenvalue weighted by Gasteiger charge is -2.21. The highest BCUT2D eigenvalue weighted by Crippen LogP contribution is 2.10. The van der Waals surface area contributed by atoms with Gasteiger partial charge in [-0.05, 0) is 0 Å². The maximum absolute atomic E-state index is 8.85. The van der Waals surface area contributed by atoms with Crippen LogP contribution in [-0.2, 0) is 0 Å². The summed E-state index contributed by atoms with van der Waals surface area (Å²) in [4.78, 5) is 8.70. The summed E-state index contributed by atoms with van der Waals surface area (Å²) < 4.78 is 0.519. The Balaban J connectivity index is 2.93. The summed E-state index contributed by atoms with van der Waals surface area (Å²) in [6.45, 7) is 0.740. The summed E-state index contributed by atoms with van der Waals surface area (Å²) in [5.74, 6) is 0.510. The fraction of sp³-hybridized carbons (Fsp3) is 0.500. The average Bonchev–Trinajstić information content (AvgIpc) is 2.16. The number of nitrogens with zero attached hydrogens (tertiary/aromatic N) is 2. The minimum Gasteiger partial charge on any atom is -0.395 e. The second-order valence-electron chi connectivity index (χ2n) is 2.86. The molecule has 0 spiro atoms. The van der Waals surface area contributed by atoms with Crippen molar-refractivity contribution in [2.24, 2.45) is 0 Å². The monoisotopic (exact) mass is 247 g/mol. The van der Waals surface area contributed by atoms with Crippen LogP contribution in [0, 0.1) is 4.64 Å². The second kappa shape index (κ2) is 6.06. The summed E-state index contributed by atoms with van der Waals surface area (Å²) in [6.07, 6.45) is 0. The van der Waals surface area contributed by atoms with Crippen LogP contribution in [-0.4, -0.2) is 46.5 Å². The van der Waals surface area contributed by atoms with Crippen molar-refractivity contribution >= 4 is 30.8 Å². The van der Waals surface area contributed by atoms with Crippen molar-refractivity contribution < 1.29 is 10.2 Å². The third kappa shape index (κ3) is 3.78. The fourth-order valence-electron chi connectivity index (χ4n) is 1.15. The van der Waals surface area contributed by atoms with Crippen LogP contribution in [0.3, 0.4) is 0 Å². The molecule has 0 aromatic carbocycles. The van der Waals surface area contributed by atoms with E-state index in [1.165, 1.54) is 0 Å². The van der Waals surface area contributed by atoms with E-state index in [0.29, 0.717) is 28.7 Å². The van der Waals surface area contributed by atoms with Gasteiger partial charge >= 0.3 is 0 Å². The van der Waals surface area contributed by atoms with Crippen LogP contribution in [0.25, 0.3) is 0 Å². The van der Waals surface area contributed by atoms with Gasteiger partial charge in [0, 0.05) is 19.2 Å². The zero-order valence-corrected chi connectivity index (χ0v) is 9.76. The lowest BCUT2D eigenvalue weighted by molar-refractivity contribution is 0.280. The number of aromatic amines is 1. The molecule has 15 heavy (non-hydrogen) atoms. The van der Waals surface area contributed by atoms with Gasteiger partial charge in [-0.25, -0.2) is 4.98 Å². The molecule has 7 heteroatoms. The molecule has 5 nitrogen and oxygen atoms in total. The van der Waals surface area contributed by atoms with Crippen LogP contribution in [0.1, 0.15) is 0 Å². The van der Waals surface area contributed by atoms with Crippen LogP contribution >= 0.6 is 24.8 Å². The number of hydrogen-bond donors (Lipinski definition) is 4. The summed E-state index contributed by atoms with van der Waals surface area (Å²) in [6, 6.07) is 1.62. The van der Waals surface area contributed by atoms with E-state index >= 15 is 0 Å². The molecule has 0 radical (unpaired) electrons. The summed E-state index contributed by atoms with van der Waals surface area (Å²) in [5.41, 5.74) is 0. The number of aromatic nitrogens is 2. The molecule has 1 aromatic rings. The standard InChI is InChI=1S/C8H13N3O2S2/c12-3-1-11(2-4-13)8-9-6(14)5-7(15)10-8/h5,12-13H,1-4H2,(H2,9,10,14,15). The average molecular weight is 247 g/mol. The maximum atomic E-state index is 8.85. The van der Waals surface area contributed by atoms with Crippen LogP contribution < -0.4 is 4.90 Å². The number of thiol groups is 1. The molecule has 0 bridgehead atoms. The third-order valence-corrected chi connectivity index (χ3v) is 2.20. The Hall–Kier alpha value is -0.630. The van der Waals surface area contributed by atoms with Crippen molar-refractivity contribution in [3.63, 3.8) is 0 Å². The molecule has 0 aliphatic rings. The predicted octanol–water partition coefficient (Wildman–Crippen LogP) is 0.219. The molecule has 1 heterocycles. The number of H-pyrrole nitrogens is 1.